The first-order chi connectivity index (χ1) is 15.0. The molecule has 5 aromatic rings. The lowest BCUT2D eigenvalue weighted by molar-refractivity contribution is 0.377. The summed E-state index contributed by atoms with van der Waals surface area (Å²) >= 11 is 1.47. The molecule has 154 valence electrons. The number of fused-ring (bicyclic) bond motifs is 1. The fourth-order valence-electron chi connectivity index (χ4n) is 3.66. The molecule has 0 saturated heterocycles. The Morgan fingerprint density at radius 3 is 2.48 bits per heavy atom. The largest absolute Gasteiger partial charge is 0.442 e. The minimum absolute atomic E-state index is 0.0502. The summed E-state index contributed by atoms with van der Waals surface area (Å²) < 4.78 is 6.23. The maximum atomic E-state index is 13.0. The Bertz CT molecular complexity index is 1510. The lowest BCUT2D eigenvalue weighted by atomic mass is 10.0. The van der Waals surface area contributed by atoms with Gasteiger partial charge in [-0.2, -0.15) is 0 Å². The molecule has 0 saturated carbocycles. The van der Waals surface area contributed by atoms with E-state index in [-0.39, 0.29) is 12.1 Å². The SMILES string of the molecule is Cc1ccc(-c2c(C)sc3nc(Cn4c(-c5ccccc5)noc4=O)[nH]c(=O)c23)cc1. The zero-order valence-corrected chi connectivity index (χ0v) is 17.7. The summed E-state index contributed by atoms with van der Waals surface area (Å²) in [6.07, 6.45) is 0. The van der Waals surface area contributed by atoms with Crippen LogP contribution in [0, 0.1) is 13.8 Å². The average molecular weight is 430 g/mol. The molecule has 3 aromatic heterocycles. The second-order valence-corrected chi connectivity index (χ2v) is 8.52. The van der Waals surface area contributed by atoms with Gasteiger partial charge < -0.3 is 4.98 Å². The van der Waals surface area contributed by atoms with Gasteiger partial charge in [0.2, 0.25) is 0 Å². The normalized spacial score (nSPS) is 11.3. The summed E-state index contributed by atoms with van der Waals surface area (Å²) in [6.45, 7) is 4.06. The third-order valence-electron chi connectivity index (χ3n) is 5.15. The third kappa shape index (κ3) is 3.40. The van der Waals surface area contributed by atoms with Crippen molar-refractivity contribution in [3.63, 3.8) is 0 Å². The van der Waals surface area contributed by atoms with Crippen molar-refractivity contribution in [2.75, 3.05) is 0 Å². The van der Waals surface area contributed by atoms with Crippen LogP contribution in [0.3, 0.4) is 0 Å². The Hall–Kier alpha value is -3.78. The number of aromatic amines is 1. The molecule has 0 unspecified atom stereocenters. The van der Waals surface area contributed by atoms with Crippen LogP contribution in [-0.4, -0.2) is 19.7 Å². The molecule has 7 nitrogen and oxygen atoms in total. The molecule has 31 heavy (non-hydrogen) atoms. The van der Waals surface area contributed by atoms with Crippen LogP contribution in [0.4, 0.5) is 0 Å². The monoisotopic (exact) mass is 430 g/mol. The Kier molecular flexibility index (Phi) is 4.63. The molecule has 0 spiro atoms. The number of benzene rings is 2. The Labute approximate surface area is 180 Å². The minimum atomic E-state index is -0.607. The van der Waals surface area contributed by atoms with Crippen LogP contribution in [0.25, 0.3) is 32.7 Å². The summed E-state index contributed by atoms with van der Waals surface area (Å²) in [5.74, 6) is 0.150. The van der Waals surface area contributed by atoms with Crippen LogP contribution in [0.1, 0.15) is 16.3 Å². The van der Waals surface area contributed by atoms with E-state index in [1.165, 1.54) is 15.9 Å². The summed E-state index contributed by atoms with van der Waals surface area (Å²) in [4.78, 5) is 34.4. The van der Waals surface area contributed by atoms with Crippen molar-refractivity contribution in [2.45, 2.75) is 20.4 Å². The molecule has 0 bridgehead atoms. The predicted octanol–water partition coefficient (Wildman–Crippen LogP) is 4.13. The Morgan fingerprint density at radius 2 is 1.74 bits per heavy atom. The van der Waals surface area contributed by atoms with E-state index in [9.17, 15) is 9.59 Å². The summed E-state index contributed by atoms with van der Waals surface area (Å²) in [6, 6.07) is 17.3. The number of H-pyrrole nitrogens is 1. The predicted molar refractivity (Wildman–Crippen MR) is 120 cm³/mol. The van der Waals surface area contributed by atoms with E-state index in [1.807, 2.05) is 68.4 Å². The highest BCUT2D eigenvalue weighted by Crippen LogP contribution is 2.35. The molecule has 3 heterocycles. The number of aryl methyl sites for hydroxylation is 2. The maximum absolute atomic E-state index is 13.0. The van der Waals surface area contributed by atoms with Crippen molar-refractivity contribution < 1.29 is 4.52 Å². The number of rotatable bonds is 4. The standard InChI is InChI=1S/C23H18N4O3S/c1-13-8-10-15(11-9-13)18-14(2)31-22-19(18)21(28)24-17(25-22)12-27-20(26-30-23(27)29)16-6-4-3-5-7-16/h3-11H,12H2,1-2H3,(H,24,25,28). The molecule has 2 aromatic carbocycles. The van der Waals surface area contributed by atoms with Gasteiger partial charge in [-0.05, 0) is 19.4 Å². The molecule has 5 rings (SSSR count). The van der Waals surface area contributed by atoms with Crippen LogP contribution in [0.15, 0.2) is 68.7 Å². The minimum Gasteiger partial charge on any atom is -0.308 e. The van der Waals surface area contributed by atoms with Gasteiger partial charge in [0, 0.05) is 16.0 Å². The van der Waals surface area contributed by atoms with Gasteiger partial charge in [0.1, 0.15) is 10.7 Å². The quantitative estimate of drug-likeness (QED) is 0.463. The molecular formula is C23H18N4O3S. The molecule has 0 fully saturated rings. The molecular weight excluding hydrogens is 412 g/mol. The summed E-state index contributed by atoms with van der Waals surface area (Å²) in [5, 5.41) is 4.46. The van der Waals surface area contributed by atoms with Gasteiger partial charge in [-0.1, -0.05) is 65.3 Å². The van der Waals surface area contributed by atoms with E-state index < -0.39 is 5.76 Å². The fraction of sp³-hybridized carbons (Fsp3) is 0.130. The van der Waals surface area contributed by atoms with Crippen molar-refractivity contribution in [3.05, 3.63) is 91.8 Å². The summed E-state index contributed by atoms with van der Waals surface area (Å²) in [5.41, 5.74) is 3.54. The molecule has 1 N–H and O–H groups in total. The zero-order valence-electron chi connectivity index (χ0n) is 16.9. The highest BCUT2D eigenvalue weighted by Gasteiger charge is 2.19. The van der Waals surface area contributed by atoms with Gasteiger partial charge in [0.25, 0.3) is 5.56 Å². The molecule has 0 atom stereocenters. The molecule has 8 heteroatoms. The van der Waals surface area contributed by atoms with Crippen LogP contribution in [-0.2, 0) is 6.54 Å². The first-order valence-corrected chi connectivity index (χ1v) is 10.5. The number of hydrogen-bond acceptors (Lipinski definition) is 6. The maximum Gasteiger partial charge on any atom is 0.442 e. The zero-order chi connectivity index (χ0) is 21.5. The van der Waals surface area contributed by atoms with Crippen LogP contribution in [0.2, 0.25) is 0 Å². The van der Waals surface area contributed by atoms with Crippen LogP contribution >= 0.6 is 11.3 Å². The second-order valence-electron chi connectivity index (χ2n) is 7.32. The van der Waals surface area contributed by atoms with Crippen molar-refractivity contribution >= 4 is 21.6 Å². The van der Waals surface area contributed by atoms with Crippen molar-refractivity contribution in [3.8, 4) is 22.5 Å². The van der Waals surface area contributed by atoms with Gasteiger partial charge in [-0.25, -0.2) is 14.3 Å². The molecule has 0 aliphatic heterocycles. The van der Waals surface area contributed by atoms with E-state index in [1.54, 1.807) is 0 Å². The van der Waals surface area contributed by atoms with E-state index in [0.29, 0.717) is 21.9 Å². The first-order valence-electron chi connectivity index (χ1n) is 9.72. The van der Waals surface area contributed by atoms with E-state index in [4.69, 9.17) is 4.52 Å². The van der Waals surface area contributed by atoms with Crippen LogP contribution in [0.5, 0.6) is 0 Å². The Balaban J connectivity index is 1.60. The van der Waals surface area contributed by atoms with Gasteiger partial charge in [0.15, 0.2) is 5.82 Å². The van der Waals surface area contributed by atoms with Gasteiger partial charge in [-0.3, -0.25) is 9.32 Å². The lowest BCUT2D eigenvalue weighted by Crippen LogP contribution is -2.20. The van der Waals surface area contributed by atoms with Crippen molar-refractivity contribution in [1.29, 1.82) is 0 Å². The number of hydrogen-bond donors (Lipinski definition) is 1. The Morgan fingerprint density at radius 1 is 1.00 bits per heavy atom. The molecule has 0 amide bonds. The van der Waals surface area contributed by atoms with Crippen molar-refractivity contribution in [1.82, 2.24) is 19.7 Å². The second kappa shape index (κ2) is 7.48. The van der Waals surface area contributed by atoms with Gasteiger partial charge in [0.05, 0.1) is 11.9 Å². The molecule has 0 radical (unpaired) electrons. The topological polar surface area (TPSA) is 93.8 Å². The smallest absolute Gasteiger partial charge is 0.308 e. The molecule has 0 aliphatic rings. The van der Waals surface area contributed by atoms with Gasteiger partial charge >= 0.3 is 5.76 Å². The number of nitrogens with one attached hydrogen (secondary N) is 1. The van der Waals surface area contributed by atoms with Crippen molar-refractivity contribution in [2.24, 2.45) is 0 Å². The van der Waals surface area contributed by atoms with E-state index >= 15 is 0 Å². The number of nitrogens with zero attached hydrogens (tertiary/aromatic N) is 3. The molecule has 0 aliphatic carbocycles. The third-order valence-corrected chi connectivity index (χ3v) is 6.15. The van der Waals surface area contributed by atoms with E-state index in [0.717, 1.165) is 27.1 Å². The number of aromatic nitrogens is 4. The first kappa shape index (κ1) is 19.2. The highest BCUT2D eigenvalue weighted by atomic mass is 32.1. The highest BCUT2D eigenvalue weighted by molar-refractivity contribution is 7.19. The van der Waals surface area contributed by atoms with E-state index in [2.05, 4.69) is 15.1 Å². The average Bonchev–Trinajstić information content (AvgIpc) is 3.29. The summed E-state index contributed by atoms with van der Waals surface area (Å²) in [7, 11) is 0. The van der Waals surface area contributed by atoms with Gasteiger partial charge in [-0.15, -0.1) is 11.3 Å². The number of thiophene rings is 1. The lowest BCUT2D eigenvalue weighted by Gasteiger charge is -2.05. The van der Waals surface area contributed by atoms with Crippen LogP contribution < -0.4 is 11.3 Å². The fourth-order valence-corrected chi connectivity index (χ4v) is 4.72.